The highest BCUT2D eigenvalue weighted by Gasteiger charge is 2.53. The summed E-state index contributed by atoms with van der Waals surface area (Å²) in [4.78, 5) is 2.28. The molecule has 0 saturated heterocycles. The van der Waals surface area contributed by atoms with E-state index in [1.165, 1.54) is 61.0 Å². The first-order chi connectivity index (χ1) is 30.7. The van der Waals surface area contributed by atoms with Gasteiger partial charge in [-0.3, -0.25) is 0 Å². The molecule has 0 N–H and O–H groups in total. The van der Waals surface area contributed by atoms with Gasteiger partial charge in [-0.15, -0.1) is 0 Å². The highest BCUT2D eigenvalue weighted by molar-refractivity contribution is 5.98. The third-order valence-corrected chi connectivity index (χ3v) is 13.1. The lowest BCUT2D eigenvalue weighted by Gasteiger charge is -2.32. The van der Waals surface area contributed by atoms with E-state index in [1.54, 1.807) is 0 Å². The van der Waals surface area contributed by atoms with Crippen molar-refractivity contribution in [1.82, 2.24) is 0 Å². The van der Waals surface area contributed by atoms with Crippen LogP contribution in [-0.2, 0) is 5.41 Å². The van der Waals surface area contributed by atoms with Crippen molar-refractivity contribution in [2.45, 2.75) is 5.41 Å². The van der Waals surface area contributed by atoms with Crippen molar-refractivity contribution in [3.63, 3.8) is 0 Å². The summed E-state index contributed by atoms with van der Waals surface area (Å²) in [7, 11) is 0. The van der Waals surface area contributed by atoms with Gasteiger partial charge in [0, 0.05) is 16.9 Å². The maximum Gasteiger partial charge on any atom is 0.194 e. The number of rotatable bonds is 5. The molecule has 290 valence electrons. The smallest absolute Gasteiger partial charge is 0.194 e. The van der Waals surface area contributed by atoms with Crippen molar-refractivity contribution in [3.05, 3.63) is 247 Å². The number of hydrogen-bond donors (Lipinski definition) is 0. The molecule has 10 aromatic rings. The molecule has 0 atom stereocenters. The molecule has 3 nitrogen and oxygen atoms in total. The largest absolute Gasteiger partial charge is 0.449 e. The van der Waals surface area contributed by atoms with Gasteiger partial charge in [-0.2, -0.15) is 0 Å². The van der Waals surface area contributed by atoms with Crippen molar-refractivity contribution in [1.29, 1.82) is 0 Å². The molecule has 0 bridgehead atoms. The van der Waals surface area contributed by atoms with Crippen LogP contribution in [-0.4, -0.2) is 0 Å². The van der Waals surface area contributed by atoms with Gasteiger partial charge in [0.25, 0.3) is 0 Å². The van der Waals surface area contributed by atoms with E-state index >= 15 is 0 Å². The van der Waals surface area contributed by atoms with Crippen LogP contribution in [0.1, 0.15) is 22.3 Å². The third-order valence-electron chi connectivity index (χ3n) is 13.1. The number of fused-ring (bicyclic) bond motifs is 14. The van der Waals surface area contributed by atoms with Gasteiger partial charge in [0.15, 0.2) is 23.0 Å². The summed E-state index contributed by atoms with van der Waals surface area (Å²) in [5.41, 5.74) is 17.1. The predicted octanol–water partition coefficient (Wildman–Crippen LogP) is 15.9. The summed E-state index contributed by atoms with van der Waals surface area (Å²) in [6.07, 6.45) is 0. The lowest BCUT2D eigenvalue weighted by Crippen LogP contribution is -2.25. The van der Waals surface area contributed by atoms with E-state index < -0.39 is 5.41 Å². The summed E-state index contributed by atoms with van der Waals surface area (Å²) in [6, 6.07) is 80.5. The molecule has 0 aromatic heterocycles. The van der Waals surface area contributed by atoms with Crippen molar-refractivity contribution < 1.29 is 9.47 Å². The molecule has 3 heteroatoms. The predicted molar refractivity (Wildman–Crippen MR) is 252 cm³/mol. The second-order valence-corrected chi connectivity index (χ2v) is 16.4. The molecular formula is C59H37NO2. The van der Waals surface area contributed by atoms with Gasteiger partial charge in [-0.05, 0) is 114 Å². The molecule has 10 aromatic carbocycles. The van der Waals surface area contributed by atoms with E-state index in [9.17, 15) is 0 Å². The maximum absolute atomic E-state index is 7.16. The van der Waals surface area contributed by atoms with Gasteiger partial charge in [-0.1, -0.05) is 182 Å². The van der Waals surface area contributed by atoms with Gasteiger partial charge in [0.2, 0.25) is 0 Å². The second kappa shape index (κ2) is 13.4. The van der Waals surface area contributed by atoms with Crippen molar-refractivity contribution in [2.24, 2.45) is 0 Å². The standard InChI is InChI=1S/C59H37NO2/c1-2-13-38(14-3-1)40-25-27-41(28-26-40)42-29-32-44(33-30-42)60(45-34-31-39-15-4-5-16-43(39)37-45)53-23-12-24-54-57(53)61-55-36-35-52-56(58(55)62-54)48-19-8-11-22-51(48)59(52)49-20-9-6-17-46(49)47-18-7-10-21-50(47)59/h1-37H. The Balaban J connectivity index is 0.934. The van der Waals surface area contributed by atoms with Crippen molar-refractivity contribution in [3.8, 4) is 67.5 Å². The number of nitrogens with zero attached hydrogens (tertiary/aromatic N) is 1. The number of ether oxygens (including phenoxy) is 2. The molecule has 0 amide bonds. The molecule has 1 spiro atoms. The quantitative estimate of drug-likeness (QED) is 0.173. The first-order valence-electron chi connectivity index (χ1n) is 21.2. The monoisotopic (exact) mass is 791 g/mol. The van der Waals surface area contributed by atoms with E-state index in [1.807, 2.05) is 6.07 Å². The highest BCUT2D eigenvalue weighted by Crippen LogP contribution is 2.66. The van der Waals surface area contributed by atoms with Crippen molar-refractivity contribution >= 4 is 27.8 Å². The fourth-order valence-electron chi connectivity index (χ4n) is 10.4. The minimum atomic E-state index is -0.470. The van der Waals surface area contributed by atoms with E-state index in [4.69, 9.17) is 9.47 Å². The summed E-state index contributed by atoms with van der Waals surface area (Å²) >= 11 is 0. The Labute approximate surface area is 360 Å². The van der Waals surface area contributed by atoms with Crippen LogP contribution < -0.4 is 14.4 Å². The second-order valence-electron chi connectivity index (χ2n) is 16.4. The van der Waals surface area contributed by atoms with E-state index in [0.29, 0.717) is 17.2 Å². The van der Waals surface area contributed by atoms with E-state index in [-0.39, 0.29) is 0 Å². The molecule has 0 saturated carbocycles. The van der Waals surface area contributed by atoms with Crippen LogP contribution in [0.3, 0.4) is 0 Å². The maximum atomic E-state index is 7.16. The average Bonchev–Trinajstić information content (AvgIpc) is 3.82. The van der Waals surface area contributed by atoms with Gasteiger partial charge >= 0.3 is 0 Å². The van der Waals surface area contributed by atoms with E-state index in [0.717, 1.165) is 39.3 Å². The summed E-state index contributed by atoms with van der Waals surface area (Å²) in [5.74, 6) is 2.79. The Bertz CT molecular complexity index is 3360. The van der Waals surface area contributed by atoms with Crippen LogP contribution in [0.4, 0.5) is 17.1 Å². The molecule has 2 aliphatic carbocycles. The van der Waals surface area contributed by atoms with Crippen LogP contribution in [0, 0.1) is 0 Å². The molecule has 0 unspecified atom stereocenters. The third kappa shape index (κ3) is 5.00. The summed E-state index contributed by atoms with van der Waals surface area (Å²) < 4.78 is 14.3. The number of para-hydroxylation sites is 1. The fraction of sp³-hybridized carbons (Fsp3) is 0.0169. The normalized spacial score (nSPS) is 13.2. The van der Waals surface area contributed by atoms with Crippen LogP contribution >= 0.6 is 0 Å². The first-order valence-corrected chi connectivity index (χ1v) is 21.2. The Kier molecular flexibility index (Phi) is 7.52. The number of benzene rings is 10. The van der Waals surface area contributed by atoms with Crippen LogP contribution in [0.2, 0.25) is 0 Å². The highest BCUT2D eigenvalue weighted by atomic mass is 16.6. The molecule has 13 rings (SSSR count). The Morgan fingerprint density at radius 2 is 0.839 bits per heavy atom. The number of hydrogen-bond acceptors (Lipinski definition) is 3. The number of anilines is 3. The fourth-order valence-corrected chi connectivity index (χ4v) is 10.4. The summed E-state index contributed by atoms with van der Waals surface area (Å²) in [5, 5.41) is 2.35. The zero-order valence-corrected chi connectivity index (χ0v) is 33.6. The molecule has 0 fully saturated rings. The zero-order chi connectivity index (χ0) is 40.8. The lowest BCUT2D eigenvalue weighted by molar-refractivity contribution is 0.361. The molecular weight excluding hydrogens is 755 g/mol. The van der Waals surface area contributed by atoms with Gasteiger partial charge in [0.1, 0.15) is 0 Å². The zero-order valence-electron chi connectivity index (χ0n) is 33.6. The average molecular weight is 792 g/mol. The van der Waals surface area contributed by atoms with Gasteiger partial charge in [-0.25, -0.2) is 0 Å². The first kappa shape index (κ1) is 34.7. The van der Waals surface area contributed by atoms with E-state index in [2.05, 4.69) is 223 Å². The summed E-state index contributed by atoms with van der Waals surface area (Å²) in [6.45, 7) is 0. The van der Waals surface area contributed by atoms with Gasteiger partial charge < -0.3 is 14.4 Å². The van der Waals surface area contributed by atoms with Crippen LogP contribution in [0.5, 0.6) is 23.0 Å². The minimum Gasteiger partial charge on any atom is -0.449 e. The molecule has 3 aliphatic rings. The Morgan fingerprint density at radius 3 is 1.53 bits per heavy atom. The van der Waals surface area contributed by atoms with Crippen LogP contribution in [0.25, 0.3) is 55.3 Å². The van der Waals surface area contributed by atoms with Gasteiger partial charge in [0.05, 0.1) is 11.1 Å². The Morgan fingerprint density at radius 1 is 0.323 bits per heavy atom. The topological polar surface area (TPSA) is 21.7 Å². The van der Waals surface area contributed by atoms with Crippen molar-refractivity contribution in [2.75, 3.05) is 4.90 Å². The Hall–Kier alpha value is -8.14. The minimum absolute atomic E-state index is 0.470. The SMILES string of the molecule is c1ccc(-c2ccc(-c3ccc(N(c4ccc5ccccc5c4)c4cccc5c4Oc4ccc6c(c4O5)-c4ccccc4C64c5ccccc5-c5ccccc54)cc3)cc2)cc1. The lowest BCUT2D eigenvalue weighted by atomic mass is 9.70. The molecule has 62 heavy (non-hydrogen) atoms. The molecule has 0 radical (unpaired) electrons. The van der Waals surface area contributed by atoms with Crippen LogP contribution in [0.15, 0.2) is 224 Å². The molecule has 1 heterocycles. The molecule has 1 aliphatic heterocycles.